The average Bonchev–Trinajstić information content (AvgIpc) is 2.88. The first-order valence-corrected chi connectivity index (χ1v) is 8.69. The van der Waals surface area contributed by atoms with Crippen LogP contribution in [0.3, 0.4) is 0 Å². The van der Waals surface area contributed by atoms with Crippen molar-refractivity contribution in [2.45, 2.75) is 19.3 Å². The number of benzene rings is 2. The van der Waals surface area contributed by atoms with Crippen molar-refractivity contribution in [2.75, 3.05) is 6.54 Å². The molecule has 23 heavy (non-hydrogen) atoms. The molecular weight excluding hydrogens is 351 g/mol. The molecule has 3 rings (SSSR count). The number of fused-ring (bicyclic) bond motifs is 1. The molecular formula is C18H17Cl3N2. The van der Waals surface area contributed by atoms with Crippen LogP contribution in [0.15, 0.2) is 36.4 Å². The fraction of sp³-hybridized carbons (Fsp3) is 0.222. The molecule has 1 aromatic heterocycles. The molecule has 2 nitrogen and oxygen atoms in total. The quantitative estimate of drug-likeness (QED) is 0.527. The molecule has 0 aliphatic heterocycles. The van der Waals surface area contributed by atoms with Crippen molar-refractivity contribution in [1.29, 1.82) is 0 Å². The van der Waals surface area contributed by atoms with Crippen LogP contribution >= 0.6 is 34.8 Å². The van der Waals surface area contributed by atoms with E-state index in [9.17, 15) is 0 Å². The molecule has 0 saturated carbocycles. The highest BCUT2D eigenvalue weighted by molar-refractivity contribution is 6.43. The van der Waals surface area contributed by atoms with E-state index in [4.69, 9.17) is 40.5 Å². The standard InChI is InChI=1S/C18H17Cl3N2/c19-11-7-8-16-14(10-11)12(4-1-2-9-22)18(23-16)13-5-3-6-15(20)17(13)21/h3,5-8,10,23H,1-2,4,9,22H2. The highest BCUT2D eigenvalue weighted by Gasteiger charge is 2.16. The molecule has 0 saturated heterocycles. The summed E-state index contributed by atoms with van der Waals surface area (Å²) < 4.78 is 0. The minimum Gasteiger partial charge on any atom is -0.354 e. The fourth-order valence-corrected chi connectivity index (χ4v) is 3.42. The van der Waals surface area contributed by atoms with Crippen LogP contribution in [0, 0.1) is 0 Å². The molecule has 0 fully saturated rings. The third-order valence-electron chi connectivity index (χ3n) is 3.97. The highest BCUT2D eigenvalue weighted by atomic mass is 35.5. The number of H-pyrrole nitrogens is 1. The largest absolute Gasteiger partial charge is 0.354 e. The zero-order valence-electron chi connectivity index (χ0n) is 12.5. The monoisotopic (exact) mass is 366 g/mol. The Morgan fingerprint density at radius 1 is 1.00 bits per heavy atom. The third kappa shape index (κ3) is 3.36. The first-order valence-electron chi connectivity index (χ1n) is 7.56. The molecule has 0 atom stereocenters. The van der Waals surface area contributed by atoms with Gasteiger partial charge in [-0.25, -0.2) is 0 Å². The van der Waals surface area contributed by atoms with Crippen LogP contribution in [0.1, 0.15) is 18.4 Å². The molecule has 0 unspecified atom stereocenters. The van der Waals surface area contributed by atoms with E-state index in [-0.39, 0.29) is 0 Å². The summed E-state index contributed by atoms with van der Waals surface area (Å²) in [6, 6.07) is 11.5. The molecule has 120 valence electrons. The van der Waals surface area contributed by atoms with Crippen molar-refractivity contribution in [3.63, 3.8) is 0 Å². The Kier molecular flexibility index (Phi) is 5.17. The lowest BCUT2D eigenvalue weighted by Gasteiger charge is -2.08. The van der Waals surface area contributed by atoms with Crippen LogP contribution in [0.5, 0.6) is 0 Å². The summed E-state index contributed by atoms with van der Waals surface area (Å²) in [5, 5.41) is 2.96. The molecule has 2 aromatic carbocycles. The van der Waals surface area contributed by atoms with E-state index >= 15 is 0 Å². The molecule has 3 N–H and O–H groups in total. The predicted octanol–water partition coefficient (Wildman–Crippen LogP) is 6.08. The van der Waals surface area contributed by atoms with E-state index in [0.29, 0.717) is 16.6 Å². The van der Waals surface area contributed by atoms with Crippen molar-refractivity contribution in [2.24, 2.45) is 5.73 Å². The van der Waals surface area contributed by atoms with Crippen LogP contribution in [0.4, 0.5) is 0 Å². The SMILES string of the molecule is NCCCCc1c(-c2cccc(Cl)c2Cl)[nH]c2ccc(Cl)cc12. The van der Waals surface area contributed by atoms with E-state index in [1.807, 2.05) is 30.3 Å². The van der Waals surface area contributed by atoms with Gasteiger partial charge in [-0.1, -0.05) is 46.9 Å². The average molecular weight is 368 g/mol. The van der Waals surface area contributed by atoms with Gasteiger partial charge in [0.2, 0.25) is 0 Å². The van der Waals surface area contributed by atoms with Gasteiger partial charge in [-0.3, -0.25) is 0 Å². The maximum absolute atomic E-state index is 6.42. The van der Waals surface area contributed by atoms with Gasteiger partial charge < -0.3 is 10.7 Å². The lowest BCUT2D eigenvalue weighted by atomic mass is 10.0. The maximum atomic E-state index is 6.42. The van der Waals surface area contributed by atoms with Gasteiger partial charge in [0.25, 0.3) is 0 Å². The number of aromatic amines is 1. The summed E-state index contributed by atoms with van der Waals surface area (Å²) in [4.78, 5) is 3.47. The minimum absolute atomic E-state index is 0.550. The Balaban J connectivity index is 2.18. The number of aromatic nitrogens is 1. The van der Waals surface area contributed by atoms with Crippen molar-refractivity contribution in [3.8, 4) is 11.3 Å². The zero-order chi connectivity index (χ0) is 16.4. The third-order valence-corrected chi connectivity index (χ3v) is 5.02. The number of hydrogen-bond donors (Lipinski definition) is 2. The van der Waals surface area contributed by atoms with E-state index in [0.717, 1.165) is 46.4 Å². The zero-order valence-corrected chi connectivity index (χ0v) is 14.8. The second kappa shape index (κ2) is 7.14. The maximum Gasteiger partial charge on any atom is 0.0685 e. The van der Waals surface area contributed by atoms with Gasteiger partial charge in [0.05, 0.1) is 15.7 Å². The molecule has 5 heteroatoms. The van der Waals surface area contributed by atoms with E-state index in [1.54, 1.807) is 6.07 Å². The summed E-state index contributed by atoms with van der Waals surface area (Å²) in [6.07, 6.45) is 2.91. The summed E-state index contributed by atoms with van der Waals surface area (Å²) in [5.74, 6) is 0. The van der Waals surface area contributed by atoms with Crippen molar-refractivity contribution in [1.82, 2.24) is 4.98 Å². The molecule has 0 spiro atoms. The van der Waals surface area contributed by atoms with Gasteiger partial charge in [0.15, 0.2) is 0 Å². The van der Waals surface area contributed by atoms with Crippen LogP contribution < -0.4 is 5.73 Å². The molecule has 3 aromatic rings. The molecule has 0 bridgehead atoms. The second-order valence-corrected chi connectivity index (χ2v) is 6.74. The lowest BCUT2D eigenvalue weighted by Crippen LogP contribution is -1.99. The minimum atomic E-state index is 0.550. The van der Waals surface area contributed by atoms with Crippen LogP contribution in [-0.4, -0.2) is 11.5 Å². The summed E-state index contributed by atoms with van der Waals surface area (Å²) >= 11 is 18.8. The second-order valence-electron chi connectivity index (χ2n) is 5.52. The Bertz CT molecular complexity index is 840. The number of halogens is 3. The fourth-order valence-electron chi connectivity index (χ4n) is 2.85. The van der Waals surface area contributed by atoms with Crippen molar-refractivity contribution < 1.29 is 0 Å². The first kappa shape index (κ1) is 16.7. The first-order chi connectivity index (χ1) is 11.1. The Labute approximate surface area is 150 Å². The van der Waals surface area contributed by atoms with E-state index < -0.39 is 0 Å². The molecule has 0 aliphatic carbocycles. The summed E-state index contributed by atoms with van der Waals surface area (Å²) in [7, 11) is 0. The Morgan fingerprint density at radius 2 is 1.83 bits per heavy atom. The van der Waals surface area contributed by atoms with Crippen molar-refractivity contribution >= 4 is 45.7 Å². The summed E-state index contributed by atoms with van der Waals surface area (Å²) in [5.41, 5.74) is 9.80. The lowest BCUT2D eigenvalue weighted by molar-refractivity contribution is 0.748. The number of nitrogens with two attached hydrogens (primary N) is 1. The van der Waals surface area contributed by atoms with Gasteiger partial charge in [-0.15, -0.1) is 0 Å². The van der Waals surface area contributed by atoms with Crippen LogP contribution in [0.2, 0.25) is 15.1 Å². The molecule has 1 heterocycles. The van der Waals surface area contributed by atoms with Crippen LogP contribution in [-0.2, 0) is 6.42 Å². The van der Waals surface area contributed by atoms with Crippen LogP contribution in [0.25, 0.3) is 22.2 Å². The highest BCUT2D eigenvalue weighted by Crippen LogP contribution is 2.38. The molecule has 0 radical (unpaired) electrons. The normalized spacial score (nSPS) is 11.3. The van der Waals surface area contributed by atoms with E-state index in [2.05, 4.69) is 4.98 Å². The van der Waals surface area contributed by atoms with Gasteiger partial charge in [-0.05, 0) is 55.6 Å². The smallest absolute Gasteiger partial charge is 0.0685 e. The van der Waals surface area contributed by atoms with Crippen molar-refractivity contribution in [3.05, 3.63) is 57.0 Å². The topological polar surface area (TPSA) is 41.8 Å². The predicted molar refractivity (Wildman–Crippen MR) is 101 cm³/mol. The number of unbranched alkanes of at least 4 members (excludes halogenated alkanes) is 1. The number of nitrogens with one attached hydrogen (secondary N) is 1. The Hall–Kier alpha value is -1.19. The number of hydrogen-bond acceptors (Lipinski definition) is 1. The van der Waals surface area contributed by atoms with E-state index in [1.165, 1.54) is 5.56 Å². The van der Waals surface area contributed by atoms with Gasteiger partial charge in [-0.2, -0.15) is 0 Å². The van der Waals surface area contributed by atoms with Gasteiger partial charge in [0.1, 0.15) is 0 Å². The number of rotatable bonds is 5. The van der Waals surface area contributed by atoms with Gasteiger partial charge in [0, 0.05) is 21.5 Å². The molecule has 0 amide bonds. The number of aryl methyl sites for hydroxylation is 1. The van der Waals surface area contributed by atoms with Gasteiger partial charge >= 0.3 is 0 Å². The Morgan fingerprint density at radius 3 is 2.61 bits per heavy atom. The molecule has 0 aliphatic rings. The summed E-state index contributed by atoms with van der Waals surface area (Å²) in [6.45, 7) is 0.691.